The van der Waals surface area contributed by atoms with Crippen molar-refractivity contribution in [2.24, 2.45) is 0 Å². The van der Waals surface area contributed by atoms with Crippen LogP contribution in [0.2, 0.25) is 0 Å². The molecule has 1 aliphatic rings. The fourth-order valence-corrected chi connectivity index (χ4v) is 3.17. The van der Waals surface area contributed by atoms with Gasteiger partial charge in [-0.2, -0.15) is 0 Å². The van der Waals surface area contributed by atoms with Gasteiger partial charge in [-0.3, -0.25) is 0 Å². The first-order valence-electron chi connectivity index (χ1n) is 7.81. The quantitative estimate of drug-likeness (QED) is 0.865. The molecule has 0 amide bonds. The van der Waals surface area contributed by atoms with Crippen LogP contribution in [0, 0.1) is 0 Å². The molecule has 0 spiro atoms. The van der Waals surface area contributed by atoms with Crippen molar-refractivity contribution >= 4 is 21.6 Å². The number of benzene rings is 1. The summed E-state index contributed by atoms with van der Waals surface area (Å²) in [7, 11) is 0. The van der Waals surface area contributed by atoms with Gasteiger partial charge in [-0.05, 0) is 57.7 Å². The summed E-state index contributed by atoms with van der Waals surface area (Å²) in [6.07, 6.45) is 3.50. The molecule has 1 fully saturated rings. The van der Waals surface area contributed by atoms with E-state index >= 15 is 0 Å². The third-order valence-electron chi connectivity index (χ3n) is 4.00. The fraction of sp³-hybridized carbons (Fsp3) is 0.647. The van der Waals surface area contributed by atoms with Crippen molar-refractivity contribution in [3.63, 3.8) is 0 Å². The van der Waals surface area contributed by atoms with E-state index in [0.717, 1.165) is 24.0 Å². The highest BCUT2D eigenvalue weighted by Gasteiger charge is 2.24. The zero-order chi connectivity index (χ0) is 15.5. The summed E-state index contributed by atoms with van der Waals surface area (Å²) in [5, 5.41) is 13.2. The molecule has 1 aliphatic heterocycles. The molecule has 0 aromatic heterocycles. The number of aliphatic hydroxyl groups excluding tert-OH is 1. The summed E-state index contributed by atoms with van der Waals surface area (Å²) in [5.74, 6) is 0. The van der Waals surface area contributed by atoms with Crippen LogP contribution in [0.1, 0.15) is 45.6 Å². The lowest BCUT2D eigenvalue weighted by atomic mass is 10.00. The number of hydrogen-bond donors (Lipinski definition) is 2. The van der Waals surface area contributed by atoms with E-state index in [2.05, 4.69) is 65.1 Å². The van der Waals surface area contributed by atoms with E-state index in [0.29, 0.717) is 0 Å². The van der Waals surface area contributed by atoms with E-state index in [1.54, 1.807) is 0 Å². The van der Waals surface area contributed by atoms with Gasteiger partial charge in [0.2, 0.25) is 0 Å². The van der Waals surface area contributed by atoms with Gasteiger partial charge in [0.05, 0.1) is 12.6 Å². The van der Waals surface area contributed by atoms with Crippen LogP contribution in [-0.4, -0.2) is 29.8 Å². The molecular formula is C17H27BrN2O. The average Bonchev–Trinajstić information content (AvgIpc) is 2.45. The lowest BCUT2D eigenvalue weighted by molar-refractivity contribution is 0.240. The van der Waals surface area contributed by atoms with Crippen LogP contribution in [0.5, 0.6) is 0 Å². The monoisotopic (exact) mass is 354 g/mol. The normalized spacial score (nSPS) is 19.9. The lowest BCUT2D eigenvalue weighted by Gasteiger charge is -2.38. The van der Waals surface area contributed by atoms with Crippen LogP contribution in [0.3, 0.4) is 0 Å². The molecule has 4 heteroatoms. The molecule has 3 nitrogen and oxygen atoms in total. The number of nitrogens with one attached hydrogen (secondary N) is 1. The summed E-state index contributed by atoms with van der Waals surface area (Å²) < 4.78 is 1.10. The Hall–Kier alpha value is -0.580. The topological polar surface area (TPSA) is 35.5 Å². The third kappa shape index (κ3) is 4.70. The van der Waals surface area contributed by atoms with Gasteiger partial charge in [0.25, 0.3) is 0 Å². The molecule has 1 saturated heterocycles. The zero-order valence-corrected chi connectivity index (χ0v) is 14.9. The second-order valence-electron chi connectivity index (χ2n) is 6.90. The van der Waals surface area contributed by atoms with Gasteiger partial charge < -0.3 is 15.3 Å². The smallest absolute Gasteiger partial charge is 0.0635 e. The molecule has 2 rings (SSSR count). The average molecular weight is 355 g/mol. The Morgan fingerprint density at radius 2 is 2.10 bits per heavy atom. The van der Waals surface area contributed by atoms with Crippen LogP contribution in [0.25, 0.3) is 0 Å². The first-order chi connectivity index (χ1) is 9.90. The highest BCUT2D eigenvalue weighted by atomic mass is 79.9. The number of aliphatic hydroxyl groups is 1. The van der Waals surface area contributed by atoms with Crippen LogP contribution in [-0.2, 0) is 6.54 Å². The highest BCUT2D eigenvalue weighted by molar-refractivity contribution is 9.10. The molecule has 0 aliphatic carbocycles. The minimum atomic E-state index is 0.0998. The minimum absolute atomic E-state index is 0.0998. The van der Waals surface area contributed by atoms with Crippen molar-refractivity contribution in [1.29, 1.82) is 0 Å². The van der Waals surface area contributed by atoms with Crippen LogP contribution >= 0.6 is 15.9 Å². The summed E-state index contributed by atoms with van der Waals surface area (Å²) in [4.78, 5) is 2.38. The van der Waals surface area contributed by atoms with Crippen molar-refractivity contribution in [2.75, 3.05) is 18.1 Å². The van der Waals surface area contributed by atoms with Gasteiger partial charge in [0.15, 0.2) is 0 Å². The van der Waals surface area contributed by atoms with E-state index in [1.807, 2.05) is 0 Å². The molecule has 1 aromatic rings. The van der Waals surface area contributed by atoms with Gasteiger partial charge in [-0.1, -0.05) is 22.0 Å². The van der Waals surface area contributed by atoms with Crippen LogP contribution < -0.4 is 10.2 Å². The zero-order valence-electron chi connectivity index (χ0n) is 13.3. The predicted octanol–water partition coefficient (Wildman–Crippen LogP) is 3.69. The molecule has 1 atom stereocenters. The van der Waals surface area contributed by atoms with Crippen LogP contribution in [0.4, 0.5) is 5.69 Å². The van der Waals surface area contributed by atoms with Crippen molar-refractivity contribution in [2.45, 2.75) is 58.2 Å². The van der Waals surface area contributed by atoms with Gasteiger partial charge >= 0.3 is 0 Å². The minimum Gasteiger partial charge on any atom is -0.394 e. The Bertz CT molecular complexity index is 470. The Morgan fingerprint density at radius 3 is 2.76 bits per heavy atom. The Balaban J connectivity index is 2.25. The van der Waals surface area contributed by atoms with Gasteiger partial charge in [0, 0.05) is 28.8 Å². The number of piperidine rings is 1. The van der Waals surface area contributed by atoms with Crippen molar-refractivity contribution in [3.05, 3.63) is 28.2 Å². The van der Waals surface area contributed by atoms with Gasteiger partial charge in [-0.15, -0.1) is 0 Å². The molecule has 21 heavy (non-hydrogen) atoms. The Morgan fingerprint density at radius 1 is 1.33 bits per heavy atom. The van der Waals surface area contributed by atoms with E-state index in [-0.39, 0.29) is 18.2 Å². The number of halogens is 1. The Labute approximate surface area is 136 Å². The molecule has 1 aromatic carbocycles. The van der Waals surface area contributed by atoms with E-state index in [1.165, 1.54) is 24.1 Å². The number of rotatable bonds is 4. The van der Waals surface area contributed by atoms with E-state index < -0.39 is 0 Å². The molecule has 0 radical (unpaired) electrons. The molecular weight excluding hydrogens is 328 g/mol. The molecule has 2 N–H and O–H groups in total. The first kappa shape index (κ1) is 16.8. The molecule has 0 saturated carbocycles. The number of hydrogen-bond acceptors (Lipinski definition) is 3. The second kappa shape index (κ2) is 7.12. The Kier molecular flexibility index (Phi) is 5.69. The van der Waals surface area contributed by atoms with Gasteiger partial charge in [-0.25, -0.2) is 0 Å². The highest BCUT2D eigenvalue weighted by Crippen LogP contribution is 2.31. The molecule has 1 heterocycles. The maximum atomic E-state index is 9.67. The molecule has 118 valence electrons. The van der Waals surface area contributed by atoms with Gasteiger partial charge in [0.1, 0.15) is 0 Å². The summed E-state index contributed by atoms with van der Waals surface area (Å²) in [6.45, 7) is 8.67. The maximum absolute atomic E-state index is 9.67. The number of nitrogens with zero attached hydrogens (tertiary/aromatic N) is 1. The summed E-state index contributed by atoms with van der Waals surface area (Å²) in [6, 6.07) is 6.72. The number of anilines is 1. The fourth-order valence-electron chi connectivity index (χ4n) is 2.82. The van der Waals surface area contributed by atoms with E-state index in [9.17, 15) is 5.11 Å². The first-order valence-corrected chi connectivity index (χ1v) is 8.61. The molecule has 1 unspecified atom stereocenters. The van der Waals surface area contributed by atoms with Crippen molar-refractivity contribution in [3.8, 4) is 0 Å². The maximum Gasteiger partial charge on any atom is 0.0635 e. The second-order valence-corrected chi connectivity index (χ2v) is 7.82. The van der Waals surface area contributed by atoms with Crippen LogP contribution in [0.15, 0.2) is 22.7 Å². The largest absolute Gasteiger partial charge is 0.394 e. The SMILES string of the molecule is CC(C)(C)NCc1ccc(Br)cc1N1CCCCC1CO. The predicted molar refractivity (Wildman–Crippen MR) is 92.8 cm³/mol. The van der Waals surface area contributed by atoms with E-state index in [4.69, 9.17) is 0 Å². The summed E-state index contributed by atoms with van der Waals surface area (Å²) >= 11 is 3.59. The third-order valence-corrected chi connectivity index (χ3v) is 4.50. The molecule has 0 bridgehead atoms. The van der Waals surface area contributed by atoms with Crippen molar-refractivity contribution in [1.82, 2.24) is 5.32 Å². The van der Waals surface area contributed by atoms with Crippen molar-refractivity contribution < 1.29 is 5.11 Å². The lowest BCUT2D eigenvalue weighted by Crippen LogP contribution is -2.43. The standard InChI is InChI=1S/C17H27BrN2O/c1-17(2,3)19-11-13-7-8-14(18)10-16(13)20-9-5-4-6-15(20)12-21/h7-8,10,15,19,21H,4-6,9,11-12H2,1-3H3. The summed E-state index contributed by atoms with van der Waals surface area (Å²) in [5.41, 5.74) is 2.65.